The number of hydrogen-bond donors (Lipinski definition) is 0. The van der Waals surface area contributed by atoms with Gasteiger partial charge in [-0.15, -0.1) is 0 Å². The van der Waals surface area contributed by atoms with E-state index in [1.807, 2.05) is 58.3 Å². The van der Waals surface area contributed by atoms with E-state index in [0.29, 0.717) is 0 Å². The van der Waals surface area contributed by atoms with Crippen molar-refractivity contribution in [1.82, 2.24) is 9.47 Å². The van der Waals surface area contributed by atoms with E-state index in [4.69, 9.17) is 0 Å². The van der Waals surface area contributed by atoms with Crippen LogP contribution in [0.2, 0.25) is 0 Å². The second-order valence-electron chi connectivity index (χ2n) is 7.06. The normalized spacial score (nSPS) is 15.7. The molecule has 1 aliphatic heterocycles. The first-order valence-corrected chi connectivity index (χ1v) is 8.71. The fourth-order valence-electron chi connectivity index (χ4n) is 3.81. The molecule has 2 aromatic carbocycles. The molecular formula is C22H22N2O. The first-order chi connectivity index (χ1) is 12.1. The van der Waals surface area contributed by atoms with Gasteiger partial charge in [0.15, 0.2) is 0 Å². The Bertz CT molecular complexity index is 909. The number of fused-ring (bicyclic) bond motifs is 1. The first-order valence-electron chi connectivity index (χ1n) is 8.71. The fourth-order valence-corrected chi connectivity index (χ4v) is 3.81. The molecule has 3 aromatic rings. The molecule has 0 aliphatic carbocycles. The number of aromatic nitrogens is 1. The van der Waals surface area contributed by atoms with E-state index >= 15 is 0 Å². The summed E-state index contributed by atoms with van der Waals surface area (Å²) in [5.74, 6) is 0.0912. The fraction of sp³-hybridized carbons (Fsp3) is 0.227. The first kappa shape index (κ1) is 15.7. The van der Waals surface area contributed by atoms with Crippen molar-refractivity contribution in [3.8, 4) is 5.69 Å². The van der Waals surface area contributed by atoms with Crippen molar-refractivity contribution in [1.29, 1.82) is 0 Å². The third-order valence-corrected chi connectivity index (χ3v) is 5.20. The monoisotopic (exact) mass is 330 g/mol. The van der Waals surface area contributed by atoms with Crippen molar-refractivity contribution < 1.29 is 4.79 Å². The minimum atomic E-state index is -0.310. The van der Waals surface area contributed by atoms with Crippen LogP contribution in [0.5, 0.6) is 0 Å². The molecule has 1 aliphatic rings. The molecule has 1 aromatic heterocycles. The van der Waals surface area contributed by atoms with Crippen LogP contribution in [-0.4, -0.2) is 21.9 Å². The molecule has 2 heterocycles. The predicted octanol–water partition coefficient (Wildman–Crippen LogP) is 4.41. The second-order valence-corrected chi connectivity index (χ2v) is 7.06. The van der Waals surface area contributed by atoms with Gasteiger partial charge in [-0.05, 0) is 61.7 Å². The Labute approximate surface area is 148 Å². The summed E-state index contributed by atoms with van der Waals surface area (Å²) in [6.45, 7) is 5.02. The molecule has 25 heavy (non-hydrogen) atoms. The SMILES string of the molecule is CC1(C)c2ccccc2CCN1C(=O)c1cccc(-n2cccc2)c1. The van der Waals surface area contributed by atoms with E-state index < -0.39 is 0 Å². The molecule has 0 bridgehead atoms. The summed E-state index contributed by atoms with van der Waals surface area (Å²) in [7, 11) is 0. The lowest BCUT2D eigenvalue weighted by Gasteiger charge is -2.44. The lowest BCUT2D eigenvalue weighted by atomic mass is 9.83. The molecule has 1 amide bonds. The Kier molecular flexibility index (Phi) is 3.72. The van der Waals surface area contributed by atoms with Crippen LogP contribution in [0.15, 0.2) is 73.1 Å². The van der Waals surface area contributed by atoms with Gasteiger partial charge in [0, 0.05) is 30.2 Å². The van der Waals surface area contributed by atoms with Crippen LogP contribution in [0.3, 0.4) is 0 Å². The molecule has 0 fully saturated rings. The summed E-state index contributed by atoms with van der Waals surface area (Å²) < 4.78 is 2.02. The van der Waals surface area contributed by atoms with Crippen LogP contribution < -0.4 is 0 Å². The van der Waals surface area contributed by atoms with Gasteiger partial charge in [0.05, 0.1) is 5.54 Å². The molecule has 4 rings (SSSR count). The van der Waals surface area contributed by atoms with E-state index in [1.54, 1.807) is 0 Å². The minimum absolute atomic E-state index is 0.0912. The third kappa shape index (κ3) is 2.66. The van der Waals surface area contributed by atoms with E-state index in [-0.39, 0.29) is 11.4 Å². The van der Waals surface area contributed by atoms with Gasteiger partial charge in [-0.3, -0.25) is 4.79 Å². The van der Waals surface area contributed by atoms with Crippen molar-refractivity contribution in [2.75, 3.05) is 6.54 Å². The Hall–Kier alpha value is -2.81. The molecule has 3 nitrogen and oxygen atoms in total. The van der Waals surface area contributed by atoms with Gasteiger partial charge in [0.25, 0.3) is 5.91 Å². The Morgan fingerprint density at radius 1 is 0.960 bits per heavy atom. The summed E-state index contributed by atoms with van der Waals surface area (Å²) in [6, 6.07) is 20.3. The maximum atomic E-state index is 13.3. The average Bonchev–Trinajstić information content (AvgIpc) is 3.16. The van der Waals surface area contributed by atoms with Gasteiger partial charge in [-0.1, -0.05) is 30.3 Å². The van der Waals surface area contributed by atoms with Gasteiger partial charge in [-0.25, -0.2) is 0 Å². The molecule has 0 saturated carbocycles. The number of hydrogen-bond acceptors (Lipinski definition) is 1. The highest BCUT2D eigenvalue weighted by Crippen LogP contribution is 2.35. The van der Waals surface area contributed by atoms with E-state index in [9.17, 15) is 4.79 Å². The summed E-state index contributed by atoms with van der Waals surface area (Å²) in [6.07, 6.45) is 4.89. The largest absolute Gasteiger partial charge is 0.329 e. The Morgan fingerprint density at radius 3 is 2.52 bits per heavy atom. The Morgan fingerprint density at radius 2 is 1.72 bits per heavy atom. The smallest absolute Gasteiger partial charge is 0.254 e. The van der Waals surface area contributed by atoms with Gasteiger partial charge >= 0.3 is 0 Å². The highest BCUT2D eigenvalue weighted by molar-refractivity contribution is 5.95. The maximum Gasteiger partial charge on any atom is 0.254 e. The summed E-state index contributed by atoms with van der Waals surface area (Å²) in [5.41, 5.74) is 4.02. The predicted molar refractivity (Wildman–Crippen MR) is 100.0 cm³/mol. The summed E-state index contributed by atoms with van der Waals surface area (Å²) in [4.78, 5) is 15.3. The molecule has 0 saturated heterocycles. The lowest BCUT2D eigenvalue weighted by molar-refractivity contribution is 0.0513. The highest BCUT2D eigenvalue weighted by Gasteiger charge is 2.37. The molecule has 126 valence electrons. The van der Waals surface area contributed by atoms with Crippen molar-refractivity contribution in [3.63, 3.8) is 0 Å². The Balaban J connectivity index is 1.69. The van der Waals surface area contributed by atoms with Crippen molar-refractivity contribution >= 4 is 5.91 Å². The number of benzene rings is 2. The van der Waals surface area contributed by atoms with Gasteiger partial charge in [-0.2, -0.15) is 0 Å². The topological polar surface area (TPSA) is 25.2 Å². The zero-order valence-corrected chi connectivity index (χ0v) is 14.6. The molecule has 0 atom stereocenters. The standard InChI is InChI=1S/C22H22N2O/c1-22(2)20-11-4-3-8-17(20)12-15-24(22)21(25)18-9-7-10-19(16-18)23-13-5-6-14-23/h3-11,13-14,16H,12,15H2,1-2H3. The maximum absolute atomic E-state index is 13.3. The van der Waals surface area contributed by atoms with Crippen molar-refractivity contribution in [3.05, 3.63) is 89.7 Å². The van der Waals surface area contributed by atoms with Gasteiger partial charge < -0.3 is 9.47 Å². The van der Waals surface area contributed by atoms with E-state index in [1.165, 1.54) is 11.1 Å². The average molecular weight is 330 g/mol. The van der Waals surface area contributed by atoms with Crippen LogP contribution >= 0.6 is 0 Å². The molecule has 0 radical (unpaired) electrons. The molecule has 0 spiro atoms. The lowest BCUT2D eigenvalue weighted by Crippen LogP contribution is -2.49. The van der Waals surface area contributed by atoms with Crippen LogP contribution in [-0.2, 0) is 12.0 Å². The van der Waals surface area contributed by atoms with Gasteiger partial charge in [0.2, 0.25) is 0 Å². The van der Waals surface area contributed by atoms with E-state index in [0.717, 1.165) is 24.2 Å². The third-order valence-electron chi connectivity index (χ3n) is 5.20. The van der Waals surface area contributed by atoms with Crippen molar-refractivity contribution in [2.45, 2.75) is 25.8 Å². The molecule has 3 heteroatoms. The number of rotatable bonds is 2. The number of carbonyl (C=O) groups excluding carboxylic acids is 1. The van der Waals surface area contributed by atoms with Crippen LogP contribution in [0.1, 0.15) is 35.3 Å². The van der Waals surface area contributed by atoms with Gasteiger partial charge in [0.1, 0.15) is 0 Å². The molecule has 0 N–H and O–H groups in total. The van der Waals surface area contributed by atoms with Crippen LogP contribution in [0, 0.1) is 0 Å². The molecular weight excluding hydrogens is 308 g/mol. The van der Waals surface area contributed by atoms with Crippen LogP contribution in [0.25, 0.3) is 5.69 Å². The van der Waals surface area contributed by atoms with Crippen LogP contribution in [0.4, 0.5) is 0 Å². The van der Waals surface area contributed by atoms with Crippen molar-refractivity contribution in [2.24, 2.45) is 0 Å². The quantitative estimate of drug-likeness (QED) is 0.683. The number of carbonyl (C=O) groups is 1. The zero-order chi connectivity index (χ0) is 17.4. The zero-order valence-electron chi connectivity index (χ0n) is 14.6. The number of nitrogens with zero attached hydrogens (tertiary/aromatic N) is 2. The minimum Gasteiger partial charge on any atom is -0.329 e. The molecule has 0 unspecified atom stereocenters. The van der Waals surface area contributed by atoms with E-state index in [2.05, 4.69) is 38.1 Å². The number of amides is 1. The summed E-state index contributed by atoms with van der Waals surface area (Å²) >= 11 is 0. The summed E-state index contributed by atoms with van der Waals surface area (Å²) in [5, 5.41) is 0. The highest BCUT2D eigenvalue weighted by atomic mass is 16.2. The second kappa shape index (κ2) is 5.92.